The average Bonchev–Trinajstić information content (AvgIpc) is 2.95. The second-order valence-corrected chi connectivity index (χ2v) is 13.3. The van der Waals surface area contributed by atoms with Crippen LogP contribution in [0.5, 0.6) is 0 Å². The molecule has 0 saturated heterocycles. The highest BCUT2D eigenvalue weighted by Gasteiger charge is 2.27. The first-order valence-electron chi connectivity index (χ1n) is 16.4. The Bertz CT molecular complexity index is 907. The van der Waals surface area contributed by atoms with Gasteiger partial charge in [0.25, 0.3) is 0 Å². The molecule has 0 heterocycles. The van der Waals surface area contributed by atoms with Crippen molar-refractivity contribution >= 4 is 19.8 Å². The summed E-state index contributed by atoms with van der Waals surface area (Å²) in [5.41, 5.74) is 0. The molecule has 0 bridgehead atoms. The molecule has 2 atom stereocenters. The van der Waals surface area contributed by atoms with Gasteiger partial charge in [-0.3, -0.25) is 18.6 Å². The van der Waals surface area contributed by atoms with E-state index in [2.05, 4.69) is 62.5 Å². The van der Waals surface area contributed by atoms with E-state index in [1.54, 1.807) is 0 Å². The summed E-state index contributed by atoms with van der Waals surface area (Å²) in [6, 6.07) is 0. The molecular formula is C34H61NO8P+. The van der Waals surface area contributed by atoms with Crippen LogP contribution in [0.4, 0.5) is 0 Å². The SMILES string of the molecule is CC/C=C\C/C=C\C/C=C\C/C=C\CCCCC(=O)OC(COC(=O)CCCCCCC)COP(=O)(O)OCC[N+](C)(C)C. The maximum Gasteiger partial charge on any atom is 0.472 e. The van der Waals surface area contributed by atoms with E-state index in [1.807, 2.05) is 21.1 Å². The van der Waals surface area contributed by atoms with Gasteiger partial charge in [0.15, 0.2) is 6.10 Å². The Hall–Kier alpha value is -2.03. The lowest BCUT2D eigenvalue weighted by molar-refractivity contribution is -0.870. The molecule has 0 saturated carbocycles. The molecule has 44 heavy (non-hydrogen) atoms. The van der Waals surface area contributed by atoms with Gasteiger partial charge in [-0.1, -0.05) is 88.1 Å². The van der Waals surface area contributed by atoms with E-state index in [9.17, 15) is 19.0 Å². The molecule has 0 fully saturated rings. The predicted molar refractivity (Wildman–Crippen MR) is 178 cm³/mol. The van der Waals surface area contributed by atoms with Crippen molar-refractivity contribution < 1.29 is 42.1 Å². The average molecular weight is 643 g/mol. The first-order chi connectivity index (χ1) is 21.0. The molecule has 254 valence electrons. The van der Waals surface area contributed by atoms with E-state index >= 15 is 0 Å². The Morgan fingerprint density at radius 3 is 1.91 bits per heavy atom. The summed E-state index contributed by atoms with van der Waals surface area (Å²) < 4.78 is 33.8. The smallest absolute Gasteiger partial charge is 0.462 e. The van der Waals surface area contributed by atoms with E-state index in [4.69, 9.17) is 18.5 Å². The molecule has 1 N–H and O–H groups in total. The minimum absolute atomic E-state index is 0.0219. The van der Waals surface area contributed by atoms with Gasteiger partial charge in [0.1, 0.15) is 19.8 Å². The number of unbranched alkanes of at least 4 members (excludes halogenated alkanes) is 6. The topological polar surface area (TPSA) is 108 Å². The summed E-state index contributed by atoms with van der Waals surface area (Å²) in [6.07, 6.45) is 27.8. The minimum Gasteiger partial charge on any atom is -0.462 e. The maximum absolute atomic E-state index is 12.5. The largest absolute Gasteiger partial charge is 0.472 e. The Kier molecular flexibility index (Phi) is 26.0. The number of hydrogen-bond donors (Lipinski definition) is 1. The van der Waals surface area contributed by atoms with Crippen LogP contribution >= 0.6 is 7.82 Å². The van der Waals surface area contributed by atoms with Gasteiger partial charge in [0.05, 0.1) is 27.7 Å². The highest BCUT2D eigenvalue weighted by atomic mass is 31.2. The summed E-state index contributed by atoms with van der Waals surface area (Å²) in [4.78, 5) is 34.7. The predicted octanol–water partition coefficient (Wildman–Crippen LogP) is 8.01. The lowest BCUT2D eigenvalue weighted by Gasteiger charge is -2.24. The third kappa shape index (κ3) is 30.0. The van der Waals surface area contributed by atoms with Crippen LogP contribution in [0.1, 0.15) is 104 Å². The normalized spacial score (nSPS) is 14.6. The number of phosphoric ester groups is 1. The van der Waals surface area contributed by atoms with Crippen molar-refractivity contribution in [1.29, 1.82) is 0 Å². The van der Waals surface area contributed by atoms with Crippen molar-refractivity contribution in [3.63, 3.8) is 0 Å². The van der Waals surface area contributed by atoms with E-state index in [-0.39, 0.29) is 26.1 Å². The lowest BCUT2D eigenvalue weighted by atomic mass is 10.1. The van der Waals surface area contributed by atoms with Crippen LogP contribution in [0.2, 0.25) is 0 Å². The highest BCUT2D eigenvalue weighted by Crippen LogP contribution is 2.43. The van der Waals surface area contributed by atoms with Gasteiger partial charge in [0.2, 0.25) is 0 Å². The van der Waals surface area contributed by atoms with Crippen LogP contribution in [0.25, 0.3) is 0 Å². The molecule has 0 aliphatic heterocycles. The molecule has 9 nitrogen and oxygen atoms in total. The zero-order valence-electron chi connectivity index (χ0n) is 28.1. The molecule has 0 rings (SSSR count). The number of likely N-dealkylation sites (N-methyl/N-ethyl adjacent to an activating group) is 1. The van der Waals surface area contributed by atoms with Crippen molar-refractivity contribution in [2.75, 3.05) is 47.5 Å². The van der Waals surface area contributed by atoms with Gasteiger partial charge in [-0.25, -0.2) is 4.57 Å². The third-order valence-corrected chi connectivity index (χ3v) is 7.36. The molecule has 0 radical (unpaired) electrons. The number of nitrogens with zero attached hydrogens (tertiary/aromatic N) is 1. The monoisotopic (exact) mass is 642 g/mol. The van der Waals surface area contributed by atoms with Crippen LogP contribution in [0.15, 0.2) is 48.6 Å². The molecule has 0 spiro atoms. The van der Waals surface area contributed by atoms with Crippen LogP contribution < -0.4 is 0 Å². The van der Waals surface area contributed by atoms with Crippen molar-refractivity contribution in [2.45, 2.75) is 110 Å². The van der Waals surface area contributed by atoms with Gasteiger partial charge in [-0.05, 0) is 51.4 Å². The van der Waals surface area contributed by atoms with Crippen LogP contribution in [0.3, 0.4) is 0 Å². The Balaban J connectivity index is 4.54. The second-order valence-electron chi connectivity index (χ2n) is 11.8. The zero-order valence-corrected chi connectivity index (χ0v) is 29.0. The van der Waals surface area contributed by atoms with Crippen molar-refractivity contribution in [2.24, 2.45) is 0 Å². The summed E-state index contributed by atoms with van der Waals surface area (Å²) in [7, 11) is 1.44. The first-order valence-corrected chi connectivity index (χ1v) is 17.9. The highest BCUT2D eigenvalue weighted by molar-refractivity contribution is 7.47. The number of quaternary nitrogens is 1. The molecule has 0 aromatic heterocycles. The number of esters is 2. The van der Waals surface area contributed by atoms with E-state index < -0.39 is 32.5 Å². The Labute approximate surface area is 267 Å². The van der Waals surface area contributed by atoms with Gasteiger partial charge in [0, 0.05) is 12.8 Å². The maximum atomic E-state index is 12.5. The number of allylic oxidation sites excluding steroid dienone is 8. The summed E-state index contributed by atoms with van der Waals surface area (Å²) in [6.45, 7) is 4.11. The molecular weight excluding hydrogens is 581 g/mol. The fourth-order valence-corrected chi connectivity index (χ4v) is 4.51. The van der Waals surface area contributed by atoms with Crippen LogP contribution in [-0.2, 0) is 32.7 Å². The molecule has 0 aromatic rings. The van der Waals surface area contributed by atoms with Crippen molar-refractivity contribution in [3.8, 4) is 0 Å². The van der Waals surface area contributed by atoms with Gasteiger partial charge in [-0.2, -0.15) is 0 Å². The number of hydrogen-bond acceptors (Lipinski definition) is 7. The van der Waals surface area contributed by atoms with E-state index in [0.717, 1.165) is 70.6 Å². The Morgan fingerprint density at radius 1 is 0.727 bits per heavy atom. The number of carbonyl (C=O) groups excluding carboxylic acids is 2. The molecule has 0 aliphatic rings. The quantitative estimate of drug-likeness (QED) is 0.0301. The molecule has 10 heteroatoms. The minimum atomic E-state index is -4.37. The summed E-state index contributed by atoms with van der Waals surface area (Å²) >= 11 is 0. The standard InChI is InChI=1S/C34H60NO8P/c1-6-8-10-12-13-14-15-16-17-18-19-20-21-23-25-27-34(37)43-32(30-40-33(36)26-24-22-11-9-7-2)31-42-44(38,39)41-29-28-35(3,4)5/h8,10,13-14,16-17,19-20,32H,6-7,9,11-12,15,18,21-31H2,1-5H3/p+1/b10-8-,14-13-,17-16-,20-19-. The molecule has 0 aliphatic carbocycles. The molecule has 0 amide bonds. The lowest BCUT2D eigenvalue weighted by Crippen LogP contribution is -2.37. The fraction of sp³-hybridized carbons (Fsp3) is 0.706. The number of rotatable bonds is 28. The van der Waals surface area contributed by atoms with Crippen molar-refractivity contribution in [1.82, 2.24) is 0 Å². The fourth-order valence-electron chi connectivity index (χ4n) is 3.77. The van der Waals surface area contributed by atoms with Gasteiger partial charge >= 0.3 is 19.8 Å². The second kappa shape index (κ2) is 27.3. The molecule has 2 unspecified atom stereocenters. The first kappa shape index (κ1) is 42.0. The van der Waals surface area contributed by atoms with E-state index in [1.165, 1.54) is 0 Å². The van der Waals surface area contributed by atoms with Crippen LogP contribution in [0, 0.1) is 0 Å². The Morgan fingerprint density at radius 2 is 1.30 bits per heavy atom. The molecule has 0 aromatic carbocycles. The van der Waals surface area contributed by atoms with Gasteiger partial charge < -0.3 is 18.9 Å². The van der Waals surface area contributed by atoms with E-state index in [0.29, 0.717) is 17.4 Å². The number of phosphoric acid groups is 1. The summed E-state index contributed by atoms with van der Waals surface area (Å²) in [5, 5.41) is 0. The number of ether oxygens (including phenoxy) is 2. The third-order valence-electron chi connectivity index (χ3n) is 6.37. The van der Waals surface area contributed by atoms with Crippen molar-refractivity contribution in [3.05, 3.63) is 48.6 Å². The summed E-state index contributed by atoms with van der Waals surface area (Å²) in [5.74, 6) is -0.870. The zero-order chi connectivity index (χ0) is 32.9. The number of carbonyl (C=O) groups is 2. The van der Waals surface area contributed by atoms with Crippen LogP contribution in [-0.4, -0.2) is 74.9 Å². The van der Waals surface area contributed by atoms with Gasteiger partial charge in [-0.15, -0.1) is 0 Å².